The van der Waals surface area contributed by atoms with E-state index in [0.29, 0.717) is 19.5 Å². The second-order valence-electron chi connectivity index (χ2n) is 4.50. The molecule has 0 aromatic rings. The first-order valence-corrected chi connectivity index (χ1v) is 6.24. The van der Waals surface area contributed by atoms with Gasteiger partial charge in [0.15, 0.2) is 0 Å². The number of carboxylic acids is 1. The summed E-state index contributed by atoms with van der Waals surface area (Å²) < 4.78 is 0. The van der Waals surface area contributed by atoms with Crippen molar-refractivity contribution >= 4 is 12.0 Å². The van der Waals surface area contributed by atoms with Gasteiger partial charge in [0.25, 0.3) is 0 Å². The number of nitrogens with one attached hydrogen (secondary N) is 1. The first kappa shape index (κ1) is 14.4. The zero-order valence-electron chi connectivity index (χ0n) is 10.9. The van der Waals surface area contributed by atoms with Gasteiger partial charge in [-0.25, -0.2) is 9.59 Å². The van der Waals surface area contributed by atoms with Crippen LogP contribution in [0.25, 0.3) is 0 Å². The highest BCUT2D eigenvalue weighted by atomic mass is 16.4. The number of nitrogens with zero attached hydrogens (tertiary/aromatic N) is 1. The highest BCUT2D eigenvalue weighted by molar-refractivity contribution is 5.83. The molecule has 18 heavy (non-hydrogen) atoms. The smallest absolute Gasteiger partial charge is 0.326 e. The van der Waals surface area contributed by atoms with Gasteiger partial charge >= 0.3 is 12.0 Å². The van der Waals surface area contributed by atoms with Gasteiger partial charge in [0, 0.05) is 19.5 Å². The SMILES string of the molecule is CC#CCCNC(=O)N1CCCC(C)C1C(=O)O. The summed E-state index contributed by atoms with van der Waals surface area (Å²) in [4.78, 5) is 24.6. The Hall–Kier alpha value is -1.70. The molecule has 1 heterocycles. The van der Waals surface area contributed by atoms with E-state index in [2.05, 4.69) is 17.2 Å². The Labute approximate surface area is 108 Å². The third-order valence-electron chi connectivity index (χ3n) is 3.15. The van der Waals surface area contributed by atoms with E-state index < -0.39 is 12.0 Å². The number of carbonyl (C=O) groups excluding carboxylic acids is 1. The van der Waals surface area contributed by atoms with E-state index in [1.165, 1.54) is 4.90 Å². The topological polar surface area (TPSA) is 69.6 Å². The van der Waals surface area contributed by atoms with Crippen LogP contribution in [0.2, 0.25) is 0 Å². The summed E-state index contributed by atoms with van der Waals surface area (Å²) in [5.74, 6) is 4.67. The van der Waals surface area contributed by atoms with E-state index in [0.717, 1.165) is 12.8 Å². The number of aliphatic carboxylic acids is 1. The Morgan fingerprint density at radius 2 is 2.22 bits per heavy atom. The van der Waals surface area contributed by atoms with Crippen LogP contribution < -0.4 is 5.32 Å². The molecule has 0 aromatic carbocycles. The van der Waals surface area contributed by atoms with Gasteiger partial charge in [0.1, 0.15) is 6.04 Å². The number of carboxylic acid groups (broad SMARTS) is 1. The van der Waals surface area contributed by atoms with Crippen LogP contribution in [0.3, 0.4) is 0 Å². The number of hydrogen-bond acceptors (Lipinski definition) is 2. The quantitative estimate of drug-likeness (QED) is 0.587. The minimum absolute atomic E-state index is 0.00238. The predicted octanol–water partition coefficient (Wildman–Crippen LogP) is 1.29. The summed E-state index contributed by atoms with van der Waals surface area (Å²) in [5.41, 5.74) is 0. The maximum absolute atomic E-state index is 11.9. The molecule has 1 saturated heterocycles. The maximum atomic E-state index is 11.9. The van der Waals surface area contributed by atoms with Crippen molar-refractivity contribution in [3.8, 4) is 11.8 Å². The first-order chi connectivity index (χ1) is 8.57. The molecule has 1 aliphatic heterocycles. The van der Waals surface area contributed by atoms with Gasteiger partial charge in [-0.1, -0.05) is 6.92 Å². The molecule has 5 heteroatoms. The van der Waals surface area contributed by atoms with E-state index >= 15 is 0 Å². The molecule has 2 unspecified atom stereocenters. The largest absolute Gasteiger partial charge is 0.480 e. The average Bonchev–Trinajstić information content (AvgIpc) is 2.33. The molecular weight excluding hydrogens is 232 g/mol. The molecule has 5 nitrogen and oxygen atoms in total. The summed E-state index contributed by atoms with van der Waals surface area (Å²) in [6.07, 6.45) is 2.29. The van der Waals surface area contributed by atoms with Crippen LogP contribution in [0.5, 0.6) is 0 Å². The highest BCUT2D eigenvalue weighted by Crippen LogP contribution is 2.23. The van der Waals surface area contributed by atoms with Gasteiger partial charge in [0.2, 0.25) is 0 Å². The van der Waals surface area contributed by atoms with E-state index in [1.54, 1.807) is 6.92 Å². The number of piperidine rings is 1. The number of urea groups is 1. The second-order valence-corrected chi connectivity index (χ2v) is 4.50. The third-order valence-corrected chi connectivity index (χ3v) is 3.15. The van der Waals surface area contributed by atoms with Gasteiger partial charge in [0.05, 0.1) is 0 Å². The molecule has 1 fully saturated rings. The Balaban J connectivity index is 2.57. The molecule has 0 aromatic heterocycles. The fraction of sp³-hybridized carbons (Fsp3) is 0.692. The van der Waals surface area contributed by atoms with Crippen LogP contribution >= 0.6 is 0 Å². The molecule has 0 aliphatic carbocycles. The van der Waals surface area contributed by atoms with Gasteiger partial charge < -0.3 is 15.3 Å². The summed E-state index contributed by atoms with van der Waals surface area (Å²) >= 11 is 0. The van der Waals surface area contributed by atoms with E-state index in [9.17, 15) is 14.7 Å². The van der Waals surface area contributed by atoms with Crippen molar-refractivity contribution in [2.24, 2.45) is 5.92 Å². The molecule has 0 spiro atoms. The van der Waals surface area contributed by atoms with Crippen LogP contribution in [0.4, 0.5) is 4.79 Å². The lowest BCUT2D eigenvalue weighted by Gasteiger charge is -2.37. The monoisotopic (exact) mass is 252 g/mol. The Morgan fingerprint density at radius 1 is 1.50 bits per heavy atom. The summed E-state index contributed by atoms with van der Waals surface area (Å²) in [6.45, 7) is 4.58. The first-order valence-electron chi connectivity index (χ1n) is 6.24. The second kappa shape index (κ2) is 6.90. The van der Waals surface area contributed by atoms with Crippen molar-refractivity contribution < 1.29 is 14.7 Å². The number of amides is 2. The minimum Gasteiger partial charge on any atom is -0.480 e. The zero-order valence-corrected chi connectivity index (χ0v) is 10.9. The van der Waals surface area contributed by atoms with Crippen LogP contribution in [-0.2, 0) is 4.79 Å². The standard InChI is InChI=1S/C13H20N2O3/c1-3-4-5-8-14-13(18)15-9-6-7-10(2)11(15)12(16)17/h10-11H,5-9H2,1-2H3,(H,14,18)(H,16,17). The van der Waals surface area contributed by atoms with Gasteiger partial charge in [-0.2, -0.15) is 0 Å². The van der Waals surface area contributed by atoms with Crippen LogP contribution in [0, 0.1) is 17.8 Å². The fourth-order valence-corrected chi connectivity index (χ4v) is 2.25. The summed E-state index contributed by atoms with van der Waals surface area (Å²) in [5, 5.41) is 11.9. The van der Waals surface area contributed by atoms with Crippen molar-refractivity contribution in [2.45, 2.75) is 39.2 Å². The van der Waals surface area contributed by atoms with Crippen molar-refractivity contribution in [3.05, 3.63) is 0 Å². The Bertz CT molecular complexity index is 370. The molecule has 1 aliphatic rings. The van der Waals surface area contributed by atoms with Crippen LogP contribution in [0.15, 0.2) is 0 Å². The van der Waals surface area contributed by atoms with E-state index in [-0.39, 0.29) is 11.9 Å². The molecule has 2 N–H and O–H groups in total. The van der Waals surface area contributed by atoms with Gasteiger partial charge in [-0.3, -0.25) is 0 Å². The normalized spacial score (nSPS) is 22.9. The molecule has 2 amide bonds. The van der Waals surface area contributed by atoms with E-state index in [4.69, 9.17) is 0 Å². The van der Waals surface area contributed by atoms with Gasteiger partial charge in [-0.05, 0) is 25.7 Å². The molecule has 1 rings (SSSR count). The highest BCUT2D eigenvalue weighted by Gasteiger charge is 2.36. The van der Waals surface area contributed by atoms with E-state index in [1.807, 2.05) is 6.92 Å². The average molecular weight is 252 g/mol. The summed E-state index contributed by atoms with van der Waals surface area (Å²) in [7, 11) is 0. The van der Waals surface area contributed by atoms with Crippen molar-refractivity contribution in [3.63, 3.8) is 0 Å². The Morgan fingerprint density at radius 3 is 2.83 bits per heavy atom. The predicted molar refractivity (Wildman–Crippen MR) is 68.0 cm³/mol. The number of likely N-dealkylation sites (tertiary alicyclic amines) is 1. The lowest BCUT2D eigenvalue weighted by molar-refractivity contribution is -0.145. The Kier molecular flexibility index (Phi) is 5.50. The minimum atomic E-state index is -0.925. The molecule has 0 radical (unpaired) electrons. The van der Waals surface area contributed by atoms with Crippen LogP contribution in [-0.4, -0.2) is 41.1 Å². The summed E-state index contributed by atoms with van der Waals surface area (Å²) in [6, 6.07) is -1.01. The molecule has 0 saturated carbocycles. The number of hydrogen-bond donors (Lipinski definition) is 2. The maximum Gasteiger partial charge on any atom is 0.326 e. The van der Waals surface area contributed by atoms with Crippen molar-refractivity contribution in [1.29, 1.82) is 0 Å². The fourth-order valence-electron chi connectivity index (χ4n) is 2.25. The van der Waals surface area contributed by atoms with Crippen LogP contribution in [0.1, 0.15) is 33.1 Å². The molecule has 0 bridgehead atoms. The number of rotatable bonds is 3. The van der Waals surface area contributed by atoms with Crippen molar-refractivity contribution in [1.82, 2.24) is 10.2 Å². The number of carbonyl (C=O) groups is 2. The zero-order chi connectivity index (χ0) is 13.5. The lowest BCUT2D eigenvalue weighted by atomic mass is 9.91. The van der Waals surface area contributed by atoms with Gasteiger partial charge in [-0.15, -0.1) is 11.8 Å². The van der Waals surface area contributed by atoms with Crippen molar-refractivity contribution in [2.75, 3.05) is 13.1 Å². The third kappa shape index (κ3) is 3.66. The molecule has 2 atom stereocenters. The molecule has 100 valence electrons. The molecular formula is C13H20N2O3. The lowest BCUT2D eigenvalue weighted by Crippen LogP contribution is -2.55.